The summed E-state index contributed by atoms with van der Waals surface area (Å²) in [5, 5.41) is 16.2. The van der Waals surface area contributed by atoms with Crippen LogP contribution in [0.3, 0.4) is 0 Å². The molecule has 2 aliphatic heterocycles. The number of nitrogens with zero attached hydrogens (tertiary/aromatic N) is 1. The molecule has 31 heavy (non-hydrogen) atoms. The van der Waals surface area contributed by atoms with Crippen molar-refractivity contribution in [2.45, 2.75) is 50.7 Å². The average molecular weight is 418 g/mol. The lowest BCUT2D eigenvalue weighted by atomic mass is 9.90. The highest BCUT2D eigenvalue weighted by molar-refractivity contribution is 5.84. The van der Waals surface area contributed by atoms with E-state index in [1.54, 1.807) is 0 Å². The molecule has 0 spiro atoms. The van der Waals surface area contributed by atoms with Crippen LogP contribution >= 0.6 is 0 Å². The van der Waals surface area contributed by atoms with Crippen LogP contribution in [0.1, 0.15) is 37.7 Å². The summed E-state index contributed by atoms with van der Waals surface area (Å²) >= 11 is 0. The fourth-order valence-electron chi connectivity index (χ4n) is 4.50. The number of hydrogen-bond donors (Lipinski definition) is 2. The summed E-state index contributed by atoms with van der Waals surface area (Å²) in [4.78, 5) is 12.5. The first-order chi connectivity index (χ1) is 15.2. The molecular formula is C26H31N3O2. The van der Waals surface area contributed by atoms with Gasteiger partial charge in [0, 0.05) is 18.5 Å². The van der Waals surface area contributed by atoms with Gasteiger partial charge in [0.1, 0.15) is 11.9 Å². The Labute approximate surface area is 184 Å². The third kappa shape index (κ3) is 5.72. The van der Waals surface area contributed by atoms with Gasteiger partial charge < -0.3 is 15.4 Å². The fraction of sp³-hybridized carbons (Fsp3) is 0.462. The summed E-state index contributed by atoms with van der Waals surface area (Å²) in [6.45, 7) is 2.79. The summed E-state index contributed by atoms with van der Waals surface area (Å²) in [6, 6.07) is 18.7. The van der Waals surface area contributed by atoms with Gasteiger partial charge >= 0.3 is 0 Å². The molecule has 5 nitrogen and oxygen atoms in total. The lowest BCUT2D eigenvalue weighted by Gasteiger charge is -2.23. The van der Waals surface area contributed by atoms with Crippen molar-refractivity contribution in [3.8, 4) is 22.9 Å². The van der Waals surface area contributed by atoms with Crippen molar-refractivity contribution in [2.24, 2.45) is 5.92 Å². The third-order valence-electron chi connectivity index (χ3n) is 6.27. The first-order valence-corrected chi connectivity index (χ1v) is 11.4. The van der Waals surface area contributed by atoms with Gasteiger partial charge in [-0.05, 0) is 56.0 Å². The molecule has 0 aliphatic carbocycles. The van der Waals surface area contributed by atoms with Crippen molar-refractivity contribution in [1.29, 1.82) is 5.26 Å². The number of carbonyl (C=O) groups is 1. The van der Waals surface area contributed by atoms with Gasteiger partial charge in [0.25, 0.3) is 0 Å². The van der Waals surface area contributed by atoms with Crippen LogP contribution in [0, 0.1) is 17.2 Å². The molecule has 0 amide bonds. The van der Waals surface area contributed by atoms with E-state index in [0.717, 1.165) is 67.8 Å². The number of nitrogens with one attached hydrogen (secondary N) is 2. The van der Waals surface area contributed by atoms with Crippen LogP contribution in [0.15, 0.2) is 48.5 Å². The highest BCUT2D eigenvalue weighted by Gasteiger charge is 2.24. The van der Waals surface area contributed by atoms with E-state index >= 15 is 0 Å². The van der Waals surface area contributed by atoms with Crippen LogP contribution in [-0.4, -0.2) is 37.6 Å². The summed E-state index contributed by atoms with van der Waals surface area (Å²) in [5.41, 5.74) is 3.26. The number of Topliss-reactive ketones (excluding diaryl/α,β-unsaturated/α-hetero) is 1. The molecule has 2 aliphatic rings. The molecule has 3 atom stereocenters. The zero-order valence-electron chi connectivity index (χ0n) is 18.0. The maximum atomic E-state index is 12.5. The molecule has 162 valence electrons. The van der Waals surface area contributed by atoms with Crippen LogP contribution in [0.4, 0.5) is 0 Å². The molecule has 5 heteroatoms. The second-order valence-electron chi connectivity index (χ2n) is 8.63. The van der Waals surface area contributed by atoms with Crippen LogP contribution in [-0.2, 0) is 11.2 Å². The normalized spacial score (nSPS) is 21.9. The van der Waals surface area contributed by atoms with E-state index in [-0.39, 0.29) is 23.8 Å². The molecule has 4 rings (SSSR count). The minimum Gasteiger partial charge on any atom is -0.488 e. The van der Waals surface area contributed by atoms with E-state index in [9.17, 15) is 10.1 Å². The van der Waals surface area contributed by atoms with Crippen molar-refractivity contribution < 1.29 is 9.53 Å². The Bertz CT molecular complexity index is 907. The molecular weight excluding hydrogens is 386 g/mol. The van der Waals surface area contributed by atoms with Gasteiger partial charge in [0.2, 0.25) is 0 Å². The lowest BCUT2D eigenvalue weighted by molar-refractivity contribution is -0.122. The van der Waals surface area contributed by atoms with E-state index in [4.69, 9.17) is 4.74 Å². The van der Waals surface area contributed by atoms with E-state index in [1.165, 1.54) is 0 Å². The quantitative estimate of drug-likeness (QED) is 0.682. The topological polar surface area (TPSA) is 74.2 Å². The number of hydrogen-bond acceptors (Lipinski definition) is 5. The van der Waals surface area contributed by atoms with Crippen LogP contribution in [0.2, 0.25) is 0 Å². The largest absolute Gasteiger partial charge is 0.488 e. The molecule has 2 saturated heterocycles. The molecule has 2 fully saturated rings. The van der Waals surface area contributed by atoms with E-state index in [1.807, 2.05) is 18.2 Å². The minimum absolute atomic E-state index is 0.0708. The Morgan fingerprint density at radius 1 is 1.10 bits per heavy atom. The number of piperidine rings is 1. The van der Waals surface area contributed by atoms with E-state index in [0.29, 0.717) is 12.8 Å². The number of ether oxygens (including phenoxy) is 1. The first-order valence-electron chi connectivity index (χ1n) is 11.4. The Morgan fingerprint density at radius 3 is 2.65 bits per heavy atom. The highest BCUT2D eigenvalue weighted by atomic mass is 16.5. The zero-order valence-corrected chi connectivity index (χ0v) is 18.0. The van der Waals surface area contributed by atoms with Gasteiger partial charge in [-0.1, -0.05) is 48.9 Å². The van der Waals surface area contributed by atoms with Crippen molar-refractivity contribution in [1.82, 2.24) is 10.6 Å². The van der Waals surface area contributed by atoms with Gasteiger partial charge in [-0.25, -0.2) is 0 Å². The van der Waals surface area contributed by atoms with Gasteiger partial charge in [0.05, 0.1) is 18.0 Å². The molecule has 0 saturated carbocycles. The Morgan fingerprint density at radius 2 is 1.94 bits per heavy atom. The predicted octanol–water partition coefficient (Wildman–Crippen LogP) is 3.88. The van der Waals surface area contributed by atoms with Crippen LogP contribution in [0.5, 0.6) is 5.75 Å². The summed E-state index contributed by atoms with van der Waals surface area (Å²) in [5.74, 6) is 0.798. The molecule has 2 heterocycles. The molecule has 2 aromatic rings. The maximum absolute atomic E-state index is 12.5. The lowest BCUT2D eigenvalue weighted by Crippen LogP contribution is -2.41. The summed E-state index contributed by atoms with van der Waals surface area (Å²) < 4.78 is 6.23. The number of carbonyl (C=O) groups excluding carboxylic acids is 1. The molecule has 0 unspecified atom stereocenters. The van der Waals surface area contributed by atoms with Gasteiger partial charge in [0.15, 0.2) is 5.78 Å². The van der Waals surface area contributed by atoms with Crippen LogP contribution < -0.4 is 15.4 Å². The van der Waals surface area contributed by atoms with E-state index < -0.39 is 0 Å². The minimum atomic E-state index is -0.285. The number of nitriles is 1. The molecule has 0 bridgehead atoms. The Balaban J connectivity index is 1.40. The van der Waals surface area contributed by atoms with Crippen molar-refractivity contribution >= 4 is 5.78 Å². The monoisotopic (exact) mass is 417 g/mol. The third-order valence-corrected chi connectivity index (χ3v) is 6.27. The van der Waals surface area contributed by atoms with Gasteiger partial charge in [-0.3, -0.25) is 4.79 Å². The fourth-order valence-corrected chi connectivity index (χ4v) is 4.50. The molecule has 0 aromatic heterocycles. The number of ketones is 1. The standard InChI is InChI=1S/C26H31N3O2/c27-17-20(16-25(30)24-6-3-4-13-29-24)15-19-8-10-21(11-9-19)23-5-1-2-7-26(23)31-22-12-14-28-18-22/h1-2,5,7-11,20,22,24,28-29H,3-4,6,12-16,18H2/t20-,22-,24+/m1/s1. The molecule has 0 radical (unpaired) electrons. The first kappa shape index (κ1) is 21.5. The highest BCUT2D eigenvalue weighted by Crippen LogP contribution is 2.31. The maximum Gasteiger partial charge on any atom is 0.151 e. The second-order valence-corrected chi connectivity index (χ2v) is 8.63. The summed E-state index contributed by atoms with van der Waals surface area (Å²) in [7, 11) is 0. The predicted molar refractivity (Wildman–Crippen MR) is 122 cm³/mol. The number of para-hydroxylation sites is 1. The van der Waals surface area contributed by atoms with Crippen LogP contribution in [0.25, 0.3) is 11.1 Å². The van der Waals surface area contributed by atoms with Crippen molar-refractivity contribution in [3.05, 3.63) is 54.1 Å². The SMILES string of the molecule is N#C[C@@H](CC(=O)[C@@H]1CCCCN1)Cc1ccc(-c2ccccc2O[C@@H]2CCNC2)cc1. The molecule has 2 N–H and O–H groups in total. The van der Waals surface area contributed by atoms with Crippen molar-refractivity contribution in [2.75, 3.05) is 19.6 Å². The molecule has 2 aromatic carbocycles. The Hall–Kier alpha value is -2.68. The van der Waals surface area contributed by atoms with Crippen molar-refractivity contribution in [3.63, 3.8) is 0 Å². The number of rotatable bonds is 8. The Kier molecular flexibility index (Phi) is 7.35. The number of benzene rings is 2. The smallest absolute Gasteiger partial charge is 0.151 e. The zero-order chi connectivity index (χ0) is 21.5. The summed E-state index contributed by atoms with van der Waals surface area (Å²) in [6.07, 6.45) is 5.27. The van der Waals surface area contributed by atoms with Gasteiger partial charge in [-0.2, -0.15) is 5.26 Å². The van der Waals surface area contributed by atoms with Gasteiger partial charge in [-0.15, -0.1) is 0 Å². The second kappa shape index (κ2) is 10.6. The average Bonchev–Trinajstić information content (AvgIpc) is 3.33. The van der Waals surface area contributed by atoms with E-state index in [2.05, 4.69) is 47.0 Å².